The lowest BCUT2D eigenvalue weighted by atomic mass is 10.2. The Morgan fingerprint density at radius 1 is 1.36 bits per heavy atom. The molecule has 0 saturated heterocycles. The average molecular weight is 219 g/mol. The number of alkyl halides is 1. The fourth-order valence-corrected chi connectivity index (χ4v) is 1.73. The van der Waals surface area contributed by atoms with Gasteiger partial charge in [-0.05, 0) is 16.9 Å². The first kappa shape index (κ1) is 8.77. The summed E-state index contributed by atoms with van der Waals surface area (Å²) in [7, 11) is 0. The van der Waals surface area contributed by atoms with E-state index in [1.165, 1.54) is 6.42 Å². The van der Waals surface area contributed by atoms with Gasteiger partial charge >= 0.3 is 0 Å². The van der Waals surface area contributed by atoms with E-state index in [0.29, 0.717) is 4.83 Å². The van der Waals surface area contributed by atoms with Gasteiger partial charge in [0.05, 0.1) is 0 Å². The summed E-state index contributed by atoms with van der Waals surface area (Å²) in [4.78, 5) is 0.494. The molecule has 0 bridgehead atoms. The molecule has 0 aromatic heterocycles. The minimum absolute atomic E-state index is 0.0362. The largest absolute Gasteiger partial charge is 0.186 e. The van der Waals surface area contributed by atoms with Gasteiger partial charge in [0.2, 0.25) is 0 Å². The standard InChI is InChI=1S/C6H11BrN4/c1-2-3-5(7)4-6-8-10-11-9-6/h5-6H,2-4H2,1H3. The van der Waals surface area contributed by atoms with Crippen LogP contribution in [0.25, 0.3) is 0 Å². The van der Waals surface area contributed by atoms with E-state index in [9.17, 15) is 0 Å². The summed E-state index contributed by atoms with van der Waals surface area (Å²) in [6.45, 7) is 2.16. The summed E-state index contributed by atoms with van der Waals surface area (Å²) in [6, 6.07) is 0. The van der Waals surface area contributed by atoms with Gasteiger partial charge in [-0.15, -0.1) is 10.2 Å². The molecule has 0 aliphatic carbocycles. The van der Waals surface area contributed by atoms with Gasteiger partial charge in [-0.2, -0.15) is 0 Å². The number of hydrogen-bond donors (Lipinski definition) is 0. The molecule has 4 nitrogen and oxygen atoms in total. The summed E-state index contributed by atoms with van der Waals surface area (Å²) < 4.78 is 0. The molecule has 0 aromatic carbocycles. The van der Waals surface area contributed by atoms with Gasteiger partial charge in [0.1, 0.15) is 0 Å². The fourth-order valence-electron chi connectivity index (χ4n) is 0.943. The third-order valence-corrected chi connectivity index (χ3v) is 2.31. The molecule has 1 aliphatic rings. The molecule has 1 aliphatic heterocycles. The first-order valence-electron chi connectivity index (χ1n) is 3.77. The Kier molecular flexibility index (Phi) is 3.62. The van der Waals surface area contributed by atoms with Crippen LogP contribution in [0.4, 0.5) is 0 Å². The molecular formula is C6H11BrN4. The predicted molar refractivity (Wildman–Crippen MR) is 45.7 cm³/mol. The van der Waals surface area contributed by atoms with Crippen molar-refractivity contribution in [3.05, 3.63) is 0 Å². The Balaban J connectivity index is 2.19. The van der Waals surface area contributed by atoms with Gasteiger partial charge in [-0.3, -0.25) is 0 Å². The van der Waals surface area contributed by atoms with Crippen LogP contribution in [0.15, 0.2) is 20.7 Å². The number of nitrogens with zero attached hydrogens (tertiary/aromatic N) is 4. The maximum absolute atomic E-state index is 3.82. The van der Waals surface area contributed by atoms with Crippen molar-refractivity contribution in [1.29, 1.82) is 0 Å². The Bertz CT molecular complexity index is 156. The Morgan fingerprint density at radius 2 is 2.00 bits per heavy atom. The van der Waals surface area contributed by atoms with Crippen molar-refractivity contribution in [1.82, 2.24) is 0 Å². The fraction of sp³-hybridized carbons (Fsp3) is 1.00. The van der Waals surface area contributed by atoms with Crippen molar-refractivity contribution in [3.63, 3.8) is 0 Å². The van der Waals surface area contributed by atoms with E-state index in [4.69, 9.17) is 0 Å². The lowest BCUT2D eigenvalue weighted by Crippen LogP contribution is -2.06. The summed E-state index contributed by atoms with van der Waals surface area (Å²) in [6.07, 6.45) is 3.20. The molecule has 5 heteroatoms. The second-order valence-corrected chi connectivity index (χ2v) is 3.81. The number of hydrogen-bond acceptors (Lipinski definition) is 4. The molecule has 0 fully saturated rings. The molecule has 62 valence electrons. The minimum atomic E-state index is -0.0362. The van der Waals surface area contributed by atoms with E-state index >= 15 is 0 Å². The van der Waals surface area contributed by atoms with Gasteiger partial charge < -0.3 is 0 Å². The van der Waals surface area contributed by atoms with Gasteiger partial charge in [0.25, 0.3) is 0 Å². The highest BCUT2D eigenvalue weighted by Crippen LogP contribution is 2.19. The summed E-state index contributed by atoms with van der Waals surface area (Å²) in [5.74, 6) is 0. The SMILES string of the molecule is CCCC(Br)CC1N=NN=N1. The van der Waals surface area contributed by atoms with Crippen LogP contribution in [-0.4, -0.2) is 11.0 Å². The molecule has 0 spiro atoms. The monoisotopic (exact) mass is 218 g/mol. The van der Waals surface area contributed by atoms with Crippen LogP contribution in [0.1, 0.15) is 26.2 Å². The highest BCUT2D eigenvalue weighted by Gasteiger charge is 2.14. The molecule has 0 aromatic rings. The molecule has 1 atom stereocenters. The summed E-state index contributed by atoms with van der Waals surface area (Å²) in [5, 5.41) is 14.5. The zero-order valence-electron chi connectivity index (χ0n) is 6.44. The van der Waals surface area contributed by atoms with Crippen LogP contribution >= 0.6 is 15.9 Å². The van der Waals surface area contributed by atoms with E-state index in [1.54, 1.807) is 0 Å². The maximum Gasteiger partial charge on any atom is 0.186 e. The van der Waals surface area contributed by atoms with E-state index in [-0.39, 0.29) is 6.17 Å². The summed E-state index contributed by atoms with van der Waals surface area (Å²) in [5.41, 5.74) is 0. The Morgan fingerprint density at radius 3 is 2.55 bits per heavy atom. The second kappa shape index (κ2) is 4.54. The molecule has 0 amide bonds. The first-order valence-corrected chi connectivity index (χ1v) is 4.68. The number of rotatable bonds is 4. The Labute approximate surface area is 74.3 Å². The molecule has 0 radical (unpaired) electrons. The van der Waals surface area contributed by atoms with Crippen LogP contribution < -0.4 is 0 Å². The lowest BCUT2D eigenvalue weighted by Gasteiger charge is -2.07. The smallest absolute Gasteiger partial charge is 0.138 e. The lowest BCUT2D eigenvalue weighted by molar-refractivity contribution is 0.591. The Hall–Kier alpha value is -0.320. The second-order valence-electron chi connectivity index (χ2n) is 2.51. The van der Waals surface area contributed by atoms with Crippen LogP contribution in [0, 0.1) is 0 Å². The highest BCUT2D eigenvalue weighted by atomic mass is 79.9. The average Bonchev–Trinajstić information content (AvgIpc) is 2.40. The van der Waals surface area contributed by atoms with Crippen LogP contribution in [-0.2, 0) is 0 Å². The van der Waals surface area contributed by atoms with Gasteiger partial charge in [0, 0.05) is 11.2 Å². The molecule has 1 heterocycles. The zero-order valence-corrected chi connectivity index (χ0v) is 8.03. The third kappa shape index (κ3) is 3.05. The molecule has 11 heavy (non-hydrogen) atoms. The van der Waals surface area contributed by atoms with E-state index in [2.05, 4.69) is 43.5 Å². The maximum atomic E-state index is 3.82. The first-order chi connectivity index (χ1) is 5.33. The van der Waals surface area contributed by atoms with Crippen LogP contribution in [0.2, 0.25) is 0 Å². The minimum Gasteiger partial charge on any atom is -0.138 e. The van der Waals surface area contributed by atoms with Crippen molar-refractivity contribution in [2.75, 3.05) is 0 Å². The van der Waals surface area contributed by atoms with Crippen molar-refractivity contribution in [2.45, 2.75) is 37.2 Å². The molecule has 0 N–H and O–H groups in total. The topological polar surface area (TPSA) is 49.4 Å². The quantitative estimate of drug-likeness (QED) is 0.652. The van der Waals surface area contributed by atoms with Gasteiger partial charge in [-0.25, -0.2) is 0 Å². The van der Waals surface area contributed by atoms with Crippen molar-refractivity contribution < 1.29 is 0 Å². The number of halogens is 1. The third-order valence-electron chi connectivity index (χ3n) is 1.48. The molecule has 1 rings (SSSR count). The highest BCUT2D eigenvalue weighted by molar-refractivity contribution is 9.09. The van der Waals surface area contributed by atoms with E-state index in [0.717, 1.165) is 12.8 Å². The van der Waals surface area contributed by atoms with E-state index < -0.39 is 0 Å². The van der Waals surface area contributed by atoms with Crippen molar-refractivity contribution >= 4 is 15.9 Å². The van der Waals surface area contributed by atoms with Crippen molar-refractivity contribution in [3.8, 4) is 0 Å². The predicted octanol–water partition coefficient (Wildman–Crippen LogP) is 3.10. The zero-order chi connectivity index (χ0) is 8.10. The normalized spacial score (nSPS) is 19.5. The van der Waals surface area contributed by atoms with Crippen LogP contribution in [0.5, 0.6) is 0 Å². The van der Waals surface area contributed by atoms with Gasteiger partial charge in [-0.1, -0.05) is 29.3 Å². The summed E-state index contributed by atoms with van der Waals surface area (Å²) >= 11 is 3.54. The van der Waals surface area contributed by atoms with Gasteiger partial charge in [0.15, 0.2) is 6.17 Å². The molecule has 0 saturated carbocycles. The van der Waals surface area contributed by atoms with E-state index in [1.807, 2.05) is 0 Å². The molecule has 1 unspecified atom stereocenters. The van der Waals surface area contributed by atoms with Crippen molar-refractivity contribution in [2.24, 2.45) is 20.7 Å². The van der Waals surface area contributed by atoms with Crippen LogP contribution in [0.3, 0.4) is 0 Å². The molecular weight excluding hydrogens is 208 g/mol.